The van der Waals surface area contributed by atoms with Gasteiger partial charge >= 0.3 is 0 Å². The van der Waals surface area contributed by atoms with Crippen LogP contribution in [0.2, 0.25) is 0 Å². The van der Waals surface area contributed by atoms with Gasteiger partial charge in [-0.25, -0.2) is 0 Å². The summed E-state index contributed by atoms with van der Waals surface area (Å²) in [5, 5.41) is 4.30. The number of hydrogen-bond acceptors (Lipinski definition) is 5. The lowest BCUT2D eigenvalue weighted by molar-refractivity contribution is -0.00131. The van der Waals surface area contributed by atoms with Crippen LogP contribution in [0.15, 0.2) is 36.9 Å². The first-order chi connectivity index (χ1) is 11.8. The average Bonchev–Trinajstić information content (AvgIpc) is 3.17. The number of methoxy groups -OCH3 is 1. The van der Waals surface area contributed by atoms with Gasteiger partial charge in [-0.1, -0.05) is 6.07 Å². The maximum atomic E-state index is 6.09. The molecule has 2 atom stereocenters. The fraction of sp³-hybridized carbons (Fsp3) is 0.556. The lowest BCUT2D eigenvalue weighted by Crippen LogP contribution is -2.38. The summed E-state index contributed by atoms with van der Waals surface area (Å²) in [6.07, 6.45) is 10.0. The summed E-state index contributed by atoms with van der Waals surface area (Å²) in [6.45, 7) is 3.23. The molecule has 0 unspecified atom stereocenters. The molecular formula is C18H26N4O2. The molecule has 6 heteroatoms. The van der Waals surface area contributed by atoms with Gasteiger partial charge in [0.1, 0.15) is 0 Å². The zero-order valence-corrected chi connectivity index (χ0v) is 14.5. The van der Waals surface area contributed by atoms with Crippen LogP contribution in [-0.4, -0.2) is 58.7 Å². The first kappa shape index (κ1) is 17.1. The SMILES string of the molecule is COCCO[C@@H]1CCN(Cc2cccnc2)[C@@H]1Cc1cnn(C)c1. The molecule has 2 aromatic rings. The standard InChI is InChI=1S/C18H26N4O2/c1-21-13-16(12-20-21)10-17-18(24-9-8-23-2)5-7-22(17)14-15-4-3-6-19-11-15/h3-4,6,11-13,17-18H,5,7-10,14H2,1-2H3/t17-,18-/m1/s1. The van der Waals surface area contributed by atoms with E-state index in [9.17, 15) is 0 Å². The van der Waals surface area contributed by atoms with Crippen molar-refractivity contribution < 1.29 is 9.47 Å². The quantitative estimate of drug-likeness (QED) is 0.689. The van der Waals surface area contributed by atoms with Crippen molar-refractivity contribution in [3.63, 3.8) is 0 Å². The maximum Gasteiger partial charge on any atom is 0.0746 e. The molecular weight excluding hydrogens is 304 g/mol. The summed E-state index contributed by atoms with van der Waals surface area (Å²) < 4.78 is 13.1. The third-order valence-electron chi connectivity index (χ3n) is 4.53. The normalized spacial score (nSPS) is 21.4. The minimum Gasteiger partial charge on any atom is -0.382 e. The van der Waals surface area contributed by atoms with E-state index in [1.54, 1.807) is 7.11 Å². The molecule has 0 bridgehead atoms. The van der Waals surface area contributed by atoms with Crippen LogP contribution in [0.3, 0.4) is 0 Å². The molecule has 1 aliphatic heterocycles. The van der Waals surface area contributed by atoms with Gasteiger partial charge < -0.3 is 9.47 Å². The zero-order chi connectivity index (χ0) is 16.8. The van der Waals surface area contributed by atoms with Crippen LogP contribution in [0.5, 0.6) is 0 Å². The Morgan fingerprint density at radius 3 is 2.88 bits per heavy atom. The highest BCUT2D eigenvalue weighted by Gasteiger charge is 2.35. The summed E-state index contributed by atoms with van der Waals surface area (Å²) in [4.78, 5) is 6.73. The van der Waals surface area contributed by atoms with Gasteiger partial charge in [-0.2, -0.15) is 5.10 Å². The molecule has 1 fully saturated rings. The number of pyridine rings is 1. The van der Waals surface area contributed by atoms with Crippen LogP contribution in [0.4, 0.5) is 0 Å². The number of likely N-dealkylation sites (tertiary alicyclic amines) is 1. The fourth-order valence-electron chi connectivity index (χ4n) is 3.37. The van der Waals surface area contributed by atoms with Crippen molar-refractivity contribution in [2.75, 3.05) is 26.9 Å². The van der Waals surface area contributed by atoms with Gasteiger partial charge in [-0.05, 0) is 30.0 Å². The summed E-state index contributed by atoms with van der Waals surface area (Å²) in [6, 6.07) is 4.48. The van der Waals surface area contributed by atoms with Crippen molar-refractivity contribution in [3.8, 4) is 0 Å². The van der Waals surface area contributed by atoms with Crippen molar-refractivity contribution in [2.45, 2.75) is 31.5 Å². The molecule has 0 spiro atoms. The van der Waals surface area contributed by atoms with Crippen LogP contribution in [0, 0.1) is 0 Å². The van der Waals surface area contributed by atoms with E-state index in [1.807, 2.05) is 36.4 Å². The van der Waals surface area contributed by atoms with Gasteiger partial charge in [0.2, 0.25) is 0 Å². The Kier molecular flexibility index (Phi) is 5.96. The second-order valence-corrected chi connectivity index (χ2v) is 6.32. The van der Waals surface area contributed by atoms with Crippen LogP contribution in [0.25, 0.3) is 0 Å². The van der Waals surface area contributed by atoms with Gasteiger partial charge in [-0.15, -0.1) is 0 Å². The lowest BCUT2D eigenvalue weighted by atomic mass is 10.0. The molecule has 0 aromatic carbocycles. The first-order valence-electron chi connectivity index (χ1n) is 8.47. The Balaban J connectivity index is 1.68. The molecule has 0 amide bonds. The van der Waals surface area contributed by atoms with Crippen molar-refractivity contribution in [3.05, 3.63) is 48.0 Å². The molecule has 0 radical (unpaired) electrons. The molecule has 24 heavy (non-hydrogen) atoms. The Hall–Kier alpha value is -1.76. The third kappa shape index (κ3) is 4.41. The average molecular weight is 330 g/mol. The number of ether oxygens (including phenoxy) is 2. The number of nitrogens with zero attached hydrogens (tertiary/aromatic N) is 4. The van der Waals surface area contributed by atoms with Crippen LogP contribution in [-0.2, 0) is 29.5 Å². The third-order valence-corrected chi connectivity index (χ3v) is 4.53. The highest BCUT2D eigenvalue weighted by molar-refractivity contribution is 5.12. The van der Waals surface area contributed by atoms with Crippen molar-refractivity contribution >= 4 is 0 Å². The summed E-state index contributed by atoms with van der Waals surface area (Å²) >= 11 is 0. The van der Waals surface area contributed by atoms with E-state index in [-0.39, 0.29) is 6.10 Å². The van der Waals surface area contributed by atoms with E-state index < -0.39 is 0 Å². The molecule has 130 valence electrons. The molecule has 0 aliphatic carbocycles. The van der Waals surface area contributed by atoms with E-state index in [0.717, 1.165) is 25.9 Å². The number of aromatic nitrogens is 3. The van der Waals surface area contributed by atoms with Crippen LogP contribution >= 0.6 is 0 Å². The number of rotatable bonds is 8. The fourth-order valence-corrected chi connectivity index (χ4v) is 3.37. The first-order valence-corrected chi connectivity index (χ1v) is 8.47. The van der Waals surface area contributed by atoms with Crippen molar-refractivity contribution in [2.24, 2.45) is 7.05 Å². The molecule has 0 N–H and O–H groups in total. The molecule has 2 aromatic heterocycles. The summed E-state index contributed by atoms with van der Waals surface area (Å²) in [5.41, 5.74) is 2.49. The van der Waals surface area contributed by atoms with E-state index in [0.29, 0.717) is 19.3 Å². The van der Waals surface area contributed by atoms with E-state index in [4.69, 9.17) is 9.47 Å². The Morgan fingerprint density at radius 2 is 2.17 bits per heavy atom. The monoisotopic (exact) mass is 330 g/mol. The summed E-state index contributed by atoms with van der Waals surface area (Å²) in [5.74, 6) is 0. The minimum atomic E-state index is 0.233. The maximum absolute atomic E-state index is 6.09. The van der Waals surface area contributed by atoms with E-state index >= 15 is 0 Å². The zero-order valence-electron chi connectivity index (χ0n) is 14.5. The number of hydrogen-bond donors (Lipinski definition) is 0. The van der Waals surface area contributed by atoms with E-state index in [1.165, 1.54) is 11.1 Å². The topological polar surface area (TPSA) is 52.4 Å². The predicted octanol–water partition coefficient (Wildman–Crippen LogP) is 1.66. The van der Waals surface area contributed by atoms with Crippen molar-refractivity contribution in [1.82, 2.24) is 19.7 Å². The predicted molar refractivity (Wildman–Crippen MR) is 91.6 cm³/mol. The summed E-state index contributed by atoms with van der Waals surface area (Å²) in [7, 11) is 3.66. The molecule has 1 aliphatic rings. The molecule has 6 nitrogen and oxygen atoms in total. The molecule has 3 heterocycles. The smallest absolute Gasteiger partial charge is 0.0746 e. The Labute approximate surface area is 143 Å². The van der Waals surface area contributed by atoms with Gasteiger partial charge in [0.15, 0.2) is 0 Å². The highest BCUT2D eigenvalue weighted by atomic mass is 16.5. The molecule has 1 saturated heterocycles. The Bertz CT molecular complexity index is 616. The molecule has 0 saturated carbocycles. The van der Waals surface area contributed by atoms with Crippen molar-refractivity contribution in [1.29, 1.82) is 0 Å². The largest absolute Gasteiger partial charge is 0.382 e. The second kappa shape index (κ2) is 8.37. The lowest BCUT2D eigenvalue weighted by Gasteiger charge is -2.28. The number of aryl methyl sites for hydroxylation is 1. The van der Waals surface area contributed by atoms with Crippen LogP contribution < -0.4 is 0 Å². The second-order valence-electron chi connectivity index (χ2n) is 6.32. The Morgan fingerprint density at radius 1 is 1.25 bits per heavy atom. The molecule has 3 rings (SSSR count). The van der Waals surface area contributed by atoms with E-state index in [2.05, 4.69) is 27.2 Å². The van der Waals surface area contributed by atoms with Gasteiger partial charge in [0.05, 0.1) is 25.5 Å². The van der Waals surface area contributed by atoms with Crippen LogP contribution in [0.1, 0.15) is 17.5 Å². The van der Waals surface area contributed by atoms with Gasteiger partial charge in [-0.3, -0.25) is 14.6 Å². The van der Waals surface area contributed by atoms with Gasteiger partial charge in [0.25, 0.3) is 0 Å². The van der Waals surface area contributed by atoms with Gasteiger partial charge in [0, 0.05) is 51.9 Å². The minimum absolute atomic E-state index is 0.233. The highest BCUT2D eigenvalue weighted by Crippen LogP contribution is 2.26.